The second-order valence-electron chi connectivity index (χ2n) is 4.46. The van der Waals surface area contributed by atoms with E-state index in [0.29, 0.717) is 5.69 Å². The Morgan fingerprint density at radius 1 is 0.800 bits per heavy atom. The van der Waals surface area contributed by atoms with Gasteiger partial charge in [0.15, 0.2) is 0 Å². The van der Waals surface area contributed by atoms with Gasteiger partial charge in [0, 0.05) is 17.3 Å². The third-order valence-corrected chi connectivity index (χ3v) is 3.38. The van der Waals surface area contributed by atoms with Gasteiger partial charge >= 0.3 is 0 Å². The first-order valence-corrected chi connectivity index (χ1v) is 5.75. The van der Waals surface area contributed by atoms with E-state index in [2.05, 4.69) is 4.98 Å². The molecule has 1 aromatic carbocycles. The van der Waals surface area contributed by atoms with Crippen LogP contribution in [0.25, 0.3) is 11.3 Å². The van der Waals surface area contributed by atoms with Gasteiger partial charge in [0.25, 0.3) is 0 Å². The largest absolute Gasteiger partial charge is 0.285 e. The normalized spacial score (nSPS) is 13.0. The van der Waals surface area contributed by atoms with Crippen LogP contribution in [0.2, 0.25) is 0 Å². The van der Waals surface area contributed by atoms with Gasteiger partial charge in [-0.1, -0.05) is 10.9 Å². The lowest BCUT2D eigenvalue weighted by atomic mass is 9.61. The molecular weight excluding hydrogens is 245 g/mol. The number of fused-ring (bicyclic) bond motifs is 3. The van der Waals surface area contributed by atoms with Crippen LogP contribution >= 0.6 is 0 Å². The molecule has 0 fully saturated rings. The van der Waals surface area contributed by atoms with Crippen LogP contribution in [-0.2, 0) is 0 Å². The predicted molar refractivity (Wildman–Crippen MR) is 79.9 cm³/mol. The van der Waals surface area contributed by atoms with Crippen molar-refractivity contribution < 1.29 is 9.59 Å². The van der Waals surface area contributed by atoms with E-state index in [9.17, 15) is 9.59 Å². The van der Waals surface area contributed by atoms with Crippen LogP contribution in [0.5, 0.6) is 0 Å². The Hall–Kier alpha value is -2.03. The van der Waals surface area contributed by atoms with E-state index >= 15 is 0 Å². The summed E-state index contributed by atoms with van der Waals surface area (Å²) in [4.78, 5) is 28.4. The molecule has 0 atom stereocenters. The second-order valence-corrected chi connectivity index (χ2v) is 4.46. The van der Waals surface area contributed by atoms with Gasteiger partial charge in [-0.2, -0.15) is 0 Å². The zero-order valence-electron chi connectivity index (χ0n) is 10.3. The summed E-state index contributed by atoms with van der Waals surface area (Å²) in [5.41, 5.74) is 0.874. The maximum atomic E-state index is 12.2. The van der Waals surface area contributed by atoms with Gasteiger partial charge in [0.05, 0.1) is 11.3 Å². The fourth-order valence-electron chi connectivity index (χ4n) is 2.33. The van der Waals surface area contributed by atoms with E-state index in [0.717, 1.165) is 0 Å². The molecule has 1 aliphatic carbocycles. The molecule has 8 radical (unpaired) electrons. The van der Waals surface area contributed by atoms with Gasteiger partial charge < -0.3 is 0 Å². The fourth-order valence-corrected chi connectivity index (χ4v) is 2.33. The number of hydrogen-bond donors (Lipinski definition) is 0. The zero-order chi connectivity index (χ0) is 14.6. The van der Waals surface area contributed by atoms with Crippen molar-refractivity contribution >= 4 is 64.8 Å². The van der Waals surface area contributed by atoms with Gasteiger partial charge in [-0.05, 0) is 12.1 Å². The number of nitrogens with zero attached hydrogens (tertiary/aromatic N) is 1. The van der Waals surface area contributed by atoms with Crippen LogP contribution in [0, 0.1) is 0 Å². The zero-order valence-corrected chi connectivity index (χ0v) is 10.3. The van der Waals surface area contributed by atoms with Crippen molar-refractivity contribution in [1.82, 2.24) is 4.98 Å². The van der Waals surface area contributed by atoms with Crippen LogP contribution < -0.4 is 21.9 Å². The lowest BCUT2D eigenvalue weighted by molar-refractivity contribution is 0.0816. The average molecular weight is 248 g/mol. The number of carbonyl (C=O) groups is 2. The number of rotatable bonds is 0. The topological polar surface area (TPSA) is 47.0 Å². The highest BCUT2D eigenvalue weighted by Crippen LogP contribution is 2.28. The maximum Gasteiger partial charge on any atom is 0.235 e. The van der Waals surface area contributed by atoms with E-state index in [-0.39, 0.29) is 38.5 Å². The van der Waals surface area contributed by atoms with Crippen molar-refractivity contribution in [1.29, 1.82) is 0 Å². The van der Waals surface area contributed by atoms with E-state index < -0.39 is 11.6 Å². The summed E-state index contributed by atoms with van der Waals surface area (Å²) in [6.07, 6.45) is 1.49. The molecule has 1 aliphatic rings. The Morgan fingerprint density at radius 2 is 1.40 bits per heavy atom. The number of pyridine rings is 1. The van der Waals surface area contributed by atoms with E-state index in [1.807, 2.05) is 0 Å². The average Bonchev–Trinajstić information content (AvgIpc) is 2.46. The number of hydrogen-bond acceptors (Lipinski definition) is 3. The molecule has 1 heterocycles. The summed E-state index contributed by atoms with van der Waals surface area (Å²) in [6.45, 7) is 0. The molecule has 1 aromatic heterocycles. The molecule has 0 N–H and O–H groups in total. The van der Waals surface area contributed by atoms with Crippen LogP contribution in [0.3, 0.4) is 0 Å². The predicted octanol–water partition coefficient (Wildman–Crippen LogP) is -2.70. The number of Topliss-reactive ketones (excluding diaryl/α,β-unsaturated/α-hetero) is 2. The SMILES string of the molecule is [B]c1c([B])c([B])c2c(c1[B])C(=O)C(=O)c1cccnc1-2. The Balaban J connectivity index is 2.54. The van der Waals surface area contributed by atoms with Crippen LogP contribution in [-0.4, -0.2) is 47.9 Å². The lowest BCUT2D eigenvalue weighted by Crippen LogP contribution is -2.52. The van der Waals surface area contributed by atoms with Crippen molar-refractivity contribution in [2.75, 3.05) is 0 Å². The molecule has 84 valence electrons. The molecule has 0 saturated carbocycles. The van der Waals surface area contributed by atoms with Crippen molar-refractivity contribution in [3.05, 3.63) is 29.5 Å². The van der Waals surface area contributed by atoms with Crippen molar-refractivity contribution in [3.63, 3.8) is 0 Å². The van der Waals surface area contributed by atoms with Gasteiger partial charge in [0.2, 0.25) is 11.6 Å². The Morgan fingerprint density at radius 3 is 2.05 bits per heavy atom. The second kappa shape index (κ2) is 4.23. The Bertz CT molecular complexity index is 801. The third kappa shape index (κ3) is 1.49. The fraction of sp³-hybridized carbons (Fsp3) is 0. The molecule has 3 nitrogen and oxygen atoms in total. The van der Waals surface area contributed by atoms with Crippen LogP contribution in [0.4, 0.5) is 0 Å². The van der Waals surface area contributed by atoms with Crippen molar-refractivity contribution in [3.8, 4) is 11.3 Å². The molecular formula is C13H3B4NO2. The minimum atomic E-state index is -0.753. The van der Waals surface area contributed by atoms with Crippen molar-refractivity contribution in [2.45, 2.75) is 0 Å². The quantitative estimate of drug-likeness (QED) is 0.377. The van der Waals surface area contributed by atoms with E-state index in [4.69, 9.17) is 31.4 Å². The number of benzene rings is 1. The van der Waals surface area contributed by atoms with Crippen LogP contribution in [0.1, 0.15) is 20.7 Å². The highest BCUT2D eigenvalue weighted by atomic mass is 16.2. The molecule has 0 unspecified atom stereocenters. The smallest absolute Gasteiger partial charge is 0.235 e. The molecule has 7 heteroatoms. The van der Waals surface area contributed by atoms with Gasteiger partial charge in [0.1, 0.15) is 31.4 Å². The van der Waals surface area contributed by atoms with Gasteiger partial charge in [-0.25, -0.2) is 0 Å². The molecule has 3 rings (SSSR count). The molecule has 0 amide bonds. The highest BCUT2D eigenvalue weighted by Gasteiger charge is 2.33. The van der Waals surface area contributed by atoms with Crippen LogP contribution in [0.15, 0.2) is 18.3 Å². The van der Waals surface area contributed by atoms with E-state index in [1.54, 1.807) is 6.07 Å². The summed E-state index contributed by atoms with van der Waals surface area (Å²) in [7, 11) is 23.3. The Labute approximate surface area is 120 Å². The lowest BCUT2D eigenvalue weighted by Gasteiger charge is -2.25. The van der Waals surface area contributed by atoms with Gasteiger partial charge in [-0.15, -0.1) is 10.9 Å². The first-order valence-electron chi connectivity index (χ1n) is 5.75. The maximum absolute atomic E-state index is 12.2. The summed E-state index contributed by atoms with van der Waals surface area (Å²) >= 11 is 0. The number of carbonyl (C=O) groups excluding carboxylic acids is 2. The molecule has 0 spiro atoms. The first kappa shape index (κ1) is 13.0. The standard InChI is InChI=1S/C13H3B4NO2/c14-7-5-6(8(15)10(17)9(7)16)13(20)12(19)4-2-1-3-18-11(4)5/h1-3H. The molecule has 0 bridgehead atoms. The summed E-state index contributed by atoms with van der Waals surface area (Å²) in [6, 6.07) is 3.07. The summed E-state index contributed by atoms with van der Waals surface area (Å²) in [5.74, 6) is -1.44. The molecule has 0 aliphatic heterocycles. The van der Waals surface area contributed by atoms with E-state index in [1.165, 1.54) is 12.3 Å². The van der Waals surface area contributed by atoms with Crippen molar-refractivity contribution in [2.24, 2.45) is 0 Å². The molecule has 0 saturated heterocycles. The third-order valence-electron chi connectivity index (χ3n) is 3.38. The summed E-state index contributed by atoms with van der Waals surface area (Å²) in [5, 5.41) is 0. The molecule has 20 heavy (non-hydrogen) atoms. The minimum absolute atomic E-state index is 0.00165. The number of aromatic nitrogens is 1. The highest BCUT2D eigenvalue weighted by molar-refractivity contribution is 6.68. The summed E-state index contributed by atoms with van der Waals surface area (Å²) < 4.78 is 0. The monoisotopic (exact) mass is 249 g/mol. The first-order chi connectivity index (χ1) is 9.45. The number of ketones is 2. The Kier molecular flexibility index (Phi) is 2.75. The van der Waals surface area contributed by atoms with Gasteiger partial charge in [-0.3, -0.25) is 14.6 Å². The minimum Gasteiger partial charge on any atom is -0.285 e. The molecule has 2 aromatic rings.